The van der Waals surface area contributed by atoms with Crippen LogP contribution in [0.1, 0.15) is 16.1 Å². The fourth-order valence-electron chi connectivity index (χ4n) is 1.15. The second kappa shape index (κ2) is 5.31. The van der Waals surface area contributed by atoms with Crippen LogP contribution in [-0.2, 0) is 7.05 Å². The molecular formula is C10H16N4O. The van der Waals surface area contributed by atoms with Crippen molar-refractivity contribution in [1.82, 2.24) is 15.1 Å². The maximum atomic E-state index is 11.6. The summed E-state index contributed by atoms with van der Waals surface area (Å²) in [6, 6.07) is 0. The molecule has 5 heteroatoms. The molecule has 0 atom stereocenters. The molecule has 0 unspecified atom stereocenters. The third-order valence-corrected chi connectivity index (χ3v) is 2.16. The average molecular weight is 208 g/mol. The Balaban J connectivity index is 2.54. The number of nitrogens with one attached hydrogen (secondary N) is 1. The second-order valence-corrected chi connectivity index (χ2v) is 3.18. The van der Waals surface area contributed by atoms with E-state index in [-0.39, 0.29) is 5.91 Å². The molecule has 0 fully saturated rings. The Morgan fingerprint density at radius 2 is 2.40 bits per heavy atom. The van der Waals surface area contributed by atoms with E-state index in [0.717, 1.165) is 5.69 Å². The first kappa shape index (κ1) is 11.5. The Hall–Kier alpha value is -1.62. The second-order valence-electron chi connectivity index (χ2n) is 3.18. The molecule has 1 aromatic rings. The summed E-state index contributed by atoms with van der Waals surface area (Å²) in [5.41, 5.74) is 6.74. The summed E-state index contributed by atoms with van der Waals surface area (Å²) in [4.78, 5) is 11.6. The zero-order chi connectivity index (χ0) is 11.3. The van der Waals surface area contributed by atoms with Gasteiger partial charge in [0.1, 0.15) is 0 Å². The van der Waals surface area contributed by atoms with Gasteiger partial charge in [-0.2, -0.15) is 5.10 Å². The van der Waals surface area contributed by atoms with Gasteiger partial charge in [-0.05, 0) is 6.92 Å². The molecule has 0 spiro atoms. The number of nitrogens with zero attached hydrogens (tertiary/aromatic N) is 2. The highest BCUT2D eigenvalue weighted by Gasteiger charge is 2.10. The van der Waals surface area contributed by atoms with Gasteiger partial charge in [-0.1, -0.05) is 12.2 Å². The summed E-state index contributed by atoms with van der Waals surface area (Å²) in [7, 11) is 1.81. The quantitative estimate of drug-likeness (QED) is 0.683. The van der Waals surface area contributed by atoms with Crippen LogP contribution < -0.4 is 11.1 Å². The van der Waals surface area contributed by atoms with E-state index in [2.05, 4.69) is 10.4 Å². The lowest BCUT2D eigenvalue weighted by molar-refractivity contribution is 0.0957. The maximum absolute atomic E-state index is 11.6. The maximum Gasteiger partial charge on any atom is 0.254 e. The highest BCUT2D eigenvalue weighted by Crippen LogP contribution is 2.04. The summed E-state index contributed by atoms with van der Waals surface area (Å²) >= 11 is 0. The summed E-state index contributed by atoms with van der Waals surface area (Å²) in [6.07, 6.45) is 5.19. The predicted molar refractivity (Wildman–Crippen MR) is 58.5 cm³/mol. The minimum atomic E-state index is -0.109. The van der Waals surface area contributed by atoms with Gasteiger partial charge in [0.05, 0.1) is 11.8 Å². The highest BCUT2D eigenvalue weighted by atomic mass is 16.1. The molecule has 1 heterocycles. The van der Waals surface area contributed by atoms with Crippen molar-refractivity contribution >= 4 is 5.91 Å². The molecule has 0 bridgehead atoms. The van der Waals surface area contributed by atoms with Crippen molar-refractivity contribution in [3.05, 3.63) is 29.6 Å². The molecule has 0 saturated heterocycles. The smallest absolute Gasteiger partial charge is 0.254 e. The minimum Gasteiger partial charge on any atom is -0.348 e. The third kappa shape index (κ3) is 2.92. The van der Waals surface area contributed by atoms with Crippen molar-refractivity contribution < 1.29 is 4.79 Å². The minimum absolute atomic E-state index is 0.109. The Morgan fingerprint density at radius 1 is 1.67 bits per heavy atom. The number of nitrogens with two attached hydrogens (primary N) is 1. The van der Waals surface area contributed by atoms with Crippen LogP contribution in [0.4, 0.5) is 0 Å². The van der Waals surface area contributed by atoms with E-state index >= 15 is 0 Å². The SMILES string of the molecule is Cc1c(C(=O)NC/C=C/CN)cnn1C. The number of aryl methyl sites for hydroxylation is 1. The molecule has 1 rings (SSSR count). The number of hydrogen-bond acceptors (Lipinski definition) is 3. The molecule has 0 radical (unpaired) electrons. The fraction of sp³-hybridized carbons (Fsp3) is 0.400. The Kier molecular flexibility index (Phi) is 4.05. The van der Waals surface area contributed by atoms with E-state index in [1.54, 1.807) is 24.0 Å². The van der Waals surface area contributed by atoms with E-state index in [1.807, 2.05) is 13.0 Å². The van der Waals surface area contributed by atoms with Crippen LogP contribution >= 0.6 is 0 Å². The van der Waals surface area contributed by atoms with Crippen molar-refractivity contribution in [3.63, 3.8) is 0 Å². The van der Waals surface area contributed by atoms with Crippen molar-refractivity contribution in [1.29, 1.82) is 0 Å². The van der Waals surface area contributed by atoms with Gasteiger partial charge in [0.25, 0.3) is 5.91 Å². The molecule has 3 N–H and O–H groups in total. The van der Waals surface area contributed by atoms with Crippen molar-refractivity contribution in [2.45, 2.75) is 6.92 Å². The summed E-state index contributed by atoms with van der Waals surface area (Å²) in [5, 5.41) is 6.75. The number of carbonyl (C=O) groups is 1. The molecule has 5 nitrogen and oxygen atoms in total. The zero-order valence-electron chi connectivity index (χ0n) is 9.03. The summed E-state index contributed by atoms with van der Waals surface area (Å²) < 4.78 is 1.67. The van der Waals surface area contributed by atoms with Crippen LogP contribution in [0.3, 0.4) is 0 Å². The Bertz CT molecular complexity index is 367. The average Bonchev–Trinajstić information content (AvgIpc) is 2.55. The zero-order valence-corrected chi connectivity index (χ0v) is 9.03. The normalized spacial score (nSPS) is 10.9. The fourth-order valence-corrected chi connectivity index (χ4v) is 1.15. The number of amides is 1. The van der Waals surface area contributed by atoms with Gasteiger partial charge in [0.2, 0.25) is 0 Å². The van der Waals surface area contributed by atoms with Crippen LogP contribution in [0.5, 0.6) is 0 Å². The first-order valence-corrected chi connectivity index (χ1v) is 4.78. The Morgan fingerprint density at radius 3 is 2.93 bits per heavy atom. The molecular weight excluding hydrogens is 192 g/mol. The van der Waals surface area contributed by atoms with Crippen molar-refractivity contribution in [2.24, 2.45) is 12.8 Å². The standard InChI is InChI=1S/C10H16N4O/c1-8-9(7-13-14(8)2)10(15)12-6-4-3-5-11/h3-4,7H,5-6,11H2,1-2H3,(H,12,15)/b4-3+. The number of hydrogen-bond donors (Lipinski definition) is 2. The molecule has 15 heavy (non-hydrogen) atoms. The van der Waals surface area contributed by atoms with Crippen molar-refractivity contribution in [3.8, 4) is 0 Å². The molecule has 1 aromatic heterocycles. The lowest BCUT2D eigenvalue weighted by atomic mass is 10.2. The van der Waals surface area contributed by atoms with Gasteiger partial charge in [-0.15, -0.1) is 0 Å². The van der Waals surface area contributed by atoms with E-state index in [9.17, 15) is 4.79 Å². The monoisotopic (exact) mass is 208 g/mol. The van der Waals surface area contributed by atoms with E-state index in [0.29, 0.717) is 18.7 Å². The van der Waals surface area contributed by atoms with Crippen molar-refractivity contribution in [2.75, 3.05) is 13.1 Å². The number of rotatable bonds is 4. The van der Waals surface area contributed by atoms with Gasteiger partial charge in [0.15, 0.2) is 0 Å². The molecule has 0 aliphatic carbocycles. The first-order chi connectivity index (χ1) is 7.16. The van der Waals surface area contributed by atoms with Crippen LogP contribution in [-0.4, -0.2) is 28.8 Å². The van der Waals surface area contributed by atoms with Gasteiger partial charge >= 0.3 is 0 Å². The summed E-state index contributed by atoms with van der Waals surface area (Å²) in [5.74, 6) is -0.109. The van der Waals surface area contributed by atoms with E-state index in [1.165, 1.54) is 0 Å². The Labute approximate surface area is 89.0 Å². The van der Waals surface area contributed by atoms with E-state index in [4.69, 9.17) is 5.73 Å². The van der Waals surface area contributed by atoms with Crippen LogP contribution in [0.25, 0.3) is 0 Å². The molecule has 0 aliphatic heterocycles. The molecule has 0 aliphatic rings. The molecule has 0 aromatic carbocycles. The number of aromatic nitrogens is 2. The van der Waals surface area contributed by atoms with Gasteiger partial charge in [0, 0.05) is 25.8 Å². The molecule has 1 amide bonds. The topological polar surface area (TPSA) is 72.9 Å². The lowest BCUT2D eigenvalue weighted by Gasteiger charge is -2.01. The first-order valence-electron chi connectivity index (χ1n) is 4.78. The van der Waals surface area contributed by atoms with Crippen LogP contribution in [0.15, 0.2) is 18.3 Å². The molecule has 0 saturated carbocycles. The van der Waals surface area contributed by atoms with E-state index < -0.39 is 0 Å². The lowest BCUT2D eigenvalue weighted by Crippen LogP contribution is -2.23. The van der Waals surface area contributed by atoms with Gasteiger partial charge in [-0.3, -0.25) is 9.48 Å². The van der Waals surface area contributed by atoms with Gasteiger partial charge < -0.3 is 11.1 Å². The predicted octanol–water partition coefficient (Wildman–Crippen LogP) is -0.0268. The van der Waals surface area contributed by atoms with Crippen LogP contribution in [0, 0.1) is 6.92 Å². The third-order valence-electron chi connectivity index (χ3n) is 2.16. The highest BCUT2D eigenvalue weighted by molar-refractivity contribution is 5.95. The van der Waals surface area contributed by atoms with Gasteiger partial charge in [-0.25, -0.2) is 0 Å². The summed E-state index contributed by atoms with van der Waals surface area (Å²) in [6.45, 7) is 2.84. The molecule has 82 valence electrons. The largest absolute Gasteiger partial charge is 0.348 e. The number of carbonyl (C=O) groups excluding carboxylic acids is 1. The van der Waals surface area contributed by atoms with Crippen LogP contribution in [0.2, 0.25) is 0 Å².